The molecule has 0 spiro atoms. The maximum absolute atomic E-state index is 11.8. The smallest absolute Gasteiger partial charge is 0.0529 e. The van der Waals surface area contributed by atoms with Crippen molar-refractivity contribution in [3.8, 4) is 0 Å². The molecule has 0 amide bonds. The molecule has 1 rings (SSSR count). The van der Waals surface area contributed by atoms with Gasteiger partial charge in [-0.3, -0.25) is 4.21 Å². The molecule has 0 saturated heterocycles. The van der Waals surface area contributed by atoms with E-state index in [4.69, 9.17) is 5.53 Å². The summed E-state index contributed by atoms with van der Waals surface area (Å²) in [6, 6.07) is 7.73. The van der Waals surface area contributed by atoms with Crippen LogP contribution in [0.4, 0.5) is 0 Å². The molecule has 0 N–H and O–H groups in total. The van der Waals surface area contributed by atoms with Crippen molar-refractivity contribution in [2.24, 2.45) is 5.11 Å². The molecule has 0 radical (unpaired) electrons. The normalized spacial score (nSPS) is 11.8. The summed E-state index contributed by atoms with van der Waals surface area (Å²) in [5, 5.41) is 3.43. The summed E-state index contributed by atoms with van der Waals surface area (Å²) in [5.41, 5.74) is 9.25. The maximum Gasteiger partial charge on any atom is 0.0529 e. The van der Waals surface area contributed by atoms with Gasteiger partial charge in [0, 0.05) is 22.1 Å². The zero-order valence-corrected chi connectivity index (χ0v) is 10.1. The zero-order valence-electron chi connectivity index (χ0n) is 9.30. The van der Waals surface area contributed by atoms with Crippen molar-refractivity contribution < 1.29 is 4.21 Å². The van der Waals surface area contributed by atoms with Crippen molar-refractivity contribution in [2.75, 3.05) is 12.3 Å². The number of unbranched alkanes of at least 4 members (excludes halogenated alkanes) is 1. The topological polar surface area (TPSA) is 65.8 Å². The SMILES string of the molecule is Cc1ccc(S(=O)CCCCN=[N+]=[N-])cc1. The molecule has 1 aromatic carbocycles. The first-order valence-corrected chi connectivity index (χ1v) is 6.52. The Hall–Kier alpha value is -1.32. The third-order valence-electron chi connectivity index (χ3n) is 2.18. The van der Waals surface area contributed by atoms with Crippen LogP contribution in [0.5, 0.6) is 0 Å². The molecule has 0 aliphatic carbocycles. The van der Waals surface area contributed by atoms with E-state index < -0.39 is 10.8 Å². The second-order valence-corrected chi connectivity index (χ2v) is 5.09. The van der Waals surface area contributed by atoms with Gasteiger partial charge in [0.2, 0.25) is 0 Å². The Bertz CT molecular complexity index is 396. The molecular formula is C11H15N3OS. The standard InChI is InChI=1S/C11H15N3OS/c1-10-4-6-11(7-5-10)16(15)9-3-2-8-13-14-12/h4-7H,2-3,8-9H2,1H3. The summed E-state index contributed by atoms with van der Waals surface area (Å²) in [7, 11) is -0.932. The Balaban J connectivity index is 2.35. The molecular weight excluding hydrogens is 222 g/mol. The van der Waals surface area contributed by atoms with E-state index in [-0.39, 0.29) is 0 Å². The molecule has 0 aliphatic rings. The van der Waals surface area contributed by atoms with Gasteiger partial charge in [0.15, 0.2) is 0 Å². The second-order valence-electron chi connectivity index (χ2n) is 3.52. The van der Waals surface area contributed by atoms with Gasteiger partial charge in [-0.15, -0.1) is 0 Å². The number of aryl methyl sites for hydroxylation is 1. The Morgan fingerprint density at radius 1 is 1.31 bits per heavy atom. The maximum atomic E-state index is 11.8. The Kier molecular flexibility index (Phi) is 5.61. The predicted octanol–water partition coefficient (Wildman–Crippen LogP) is 3.19. The highest BCUT2D eigenvalue weighted by Crippen LogP contribution is 2.09. The van der Waals surface area contributed by atoms with E-state index in [1.165, 1.54) is 5.56 Å². The molecule has 0 heterocycles. The molecule has 1 atom stereocenters. The number of azide groups is 1. The molecule has 0 bridgehead atoms. The molecule has 0 saturated carbocycles. The van der Waals surface area contributed by atoms with Crippen LogP contribution in [0, 0.1) is 6.92 Å². The van der Waals surface area contributed by atoms with Crippen molar-refractivity contribution in [3.63, 3.8) is 0 Å². The fourth-order valence-corrected chi connectivity index (χ4v) is 2.41. The lowest BCUT2D eigenvalue weighted by molar-refractivity contribution is 0.678. The van der Waals surface area contributed by atoms with Crippen LogP contribution in [0.15, 0.2) is 34.3 Å². The Morgan fingerprint density at radius 2 is 2.00 bits per heavy atom. The number of hydrogen-bond acceptors (Lipinski definition) is 2. The zero-order chi connectivity index (χ0) is 11.8. The van der Waals surface area contributed by atoms with Crippen LogP contribution in [0.2, 0.25) is 0 Å². The highest BCUT2D eigenvalue weighted by Gasteiger charge is 2.02. The van der Waals surface area contributed by atoms with Crippen molar-refractivity contribution in [3.05, 3.63) is 40.3 Å². The minimum absolute atomic E-state index is 0.488. The molecule has 4 nitrogen and oxygen atoms in total. The van der Waals surface area contributed by atoms with E-state index in [2.05, 4.69) is 10.0 Å². The summed E-state index contributed by atoms with van der Waals surface area (Å²) in [6.45, 7) is 2.49. The van der Waals surface area contributed by atoms with Crippen molar-refractivity contribution >= 4 is 10.8 Å². The number of hydrogen-bond donors (Lipinski definition) is 0. The quantitative estimate of drug-likeness (QED) is 0.324. The number of nitrogens with zero attached hydrogens (tertiary/aromatic N) is 3. The van der Waals surface area contributed by atoms with Crippen LogP contribution >= 0.6 is 0 Å². The van der Waals surface area contributed by atoms with Crippen LogP contribution in [0.1, 0.15) is 18.4 Å². The minimum atomic E-state index is -0.932. The average Bonchev–Trinajstić information content (AvgIpc) is 2.29. The first kappa shape index (κ1) is 12.7. The van der Waals surface area contributed by atoms with Gasteiger partial charge in [-0.2, -0.15) is 0 Å². The van der Waals surface area contributed by atoms with Crippen LogP contribution in [0.3, 0.4) is 0 Å². The van der Waals surface area contributed by atoms with Gasteiger partial charge >= 0.3 is 0 Å². The lowest BCUT2D eigenvalue weighted by Crippen LogP contribution is -1.98. The molecule has 0 aromatic heterocycles. The molecule has 0 fully saturated rings. The summed E-state index contributed by atoms with van der Waals surface area (Å²) in [4.78, 5) is 3.54. The first-order chi connectivity index (χ1) is 7.74. The summed E-state index contributed by atoms with van der Waals surface area (Å²) >= 11 is 0. The molecule has 0 aliphatic heterocycles. The molecule has 16 heavy (non-hydrogen) atoms. The number of rotatable bonds is 6. The monoisotopic (exact) mass is 237 g/mol. The summed E-state index contributed by atoms with van der Waals surface area (Å²) in [6.07, 6.45) is 1.61. The van der Waals surface area contributed by atoms with Gasteiger partial charge in [0.1, 0.15) is 0 Å². The molecule has 5 heteroatoms. The van der Waals surface area contributed by atoms with E-state index in [9.17, 15) is 4.21 Å². The fourth-order valence-electron chi connectivity index (χ4n) is 1.27. The van der Waals surface area contributed by atoms with Crippen molar-refractivity contribution in [2.45, 2.75) is 24.7 Å². The predicted molar refractivity (Wildman–Crippen MR) is 65.7 cm³/mol. The van der Waals surface area contributed by atoms with E-state index >= 15 is 0 Å². The van der Waals surface area contributed by atoms with Gasteiger partial charge in [0.25, 0.3) is 0 Å². The second kappa shape index (κ2) is 7.04. The lowest BCUT2D eigenvalue weighted by Gasteiger charge is -2.01. The van der Waals surface area contributed by atoms with E-state index in [1.54, 1.807) is 0 Å². The van der Waals surface area contributed by atoms with Gasteiger partial charge in [0.05, 0.1) is 10.8 Å². The van der Waals surface area contributed by atoms with Crippen LogP contribution in [-0.2, 0) is 10.8 Å². The molecule has 1 aromatic rings. The summed E-state index contributed by atoms with van der Waals surface area (Å²) in [5.74, 6) is 0.629. The van der Waals surface area contributed by atoms with Crippen molar-refractivity contribution in [1.82, 2.24) is 0 Å². The lowest BCUT2D eigenvalue weighted by atomic mass is 10.2. The Morgan fingerprint density at radius 3 is 2.62 bits per heavy atom. The molecule has 1 unspecified atom stereocenters. The highest BCUT2D eigenvalue weighted by atomic mass is 32.2. The third kappa shape index (κ3) is 4.47. The van der Waals surface area contributed by atoms with E-state index in [0.29, 0.717) is 12.3 Å². The van der Waals surface area contributed by atoms with Crippen LogP contribution < -0.4 is 0 Å². The average molecular weight is 237 g/mol. The summed E-state index contributed by atoms with van der Waals surface area (Å²) < 4.78 is 11.8. The number of benzene rings is 1. The third-order valence-corrected chi connectivity index (χ3v) is 3.64. The molecule has 86 valence electrons. The van der Waals surface area contributed by atoms with E-state index in [0.717, 1.165) is 17.7 Å². The van der Waals surface area contributed by atoms with Crippen LogP contribution in [0.25, 0.3) is 10.4 Å². The van der Waals surface area contributed by atoms with Gasteiger partial charge < -0.3 is 0 Å². The van der Waals surface area contributed by atoms with Crippen molar-refractivity contribution in [1.29, 1.82) is 0 Å². The van der Waals surface area contributed by atoms with Gasteiger partial charge in [-0.05, 0) is 37.4 Å². The highest BCUT2D eigenvalue weighted by molar-refractivity contribution is 7.85. The van der Waals surface area contributed by atoms with E-state index in [1.807, 2.05) is 31.2 Å². The largest absolute Gasteiger partial charge is 0.254 e. The minimum Gasteiger partial charge on any atom is -0.254 e. The Labute approximate surface area is 97.8 Å². The van der Waals surface area contributed by atoms with Gasteiger partial charge in [-0.25, -0.2) is 0 Å². The van der Waals surface area contributed by atoms with Crippen LogP contribution in [-0.4, -0.2) is 16.5 Å². The fraction of sp³-hybridized carbons (Fsp3) is 0.455. The van der Waals surface area contributed by atoms with Gasteiger partial charge in [-0.1, -0.05) is 22.8 Å². The first-order valence-electron chi connectivity index (χ1n) is 5.20.